The summed E-state index contributed by atoms with van der Waals surface area (Å²) in [5.74, 6) is -0.163. The number of rotatable bonds is 6. The minimum absolute atomic E-state index is 0.341. The molecule has 0 saturated heterocycles. The summed E-state index contributed by atoms with van der Waals surface area (Å²) >= 11 is 0. The number of anilines is 1. The van der Waals surface area contributed by atoms with Crippen LogP contribution in [0.2, 0.25) is 0 Å². The molecular formula is C26H25N3O3. The molecule has 3 aromatic carbocycles. The number of carbonyl (C=O) groups is 2. The molecule has 4 aromatic rings. The average molecular weight is 428 g/mol. The van der Waals surface area contributed by atoms with Crippen LogP contribution >= 0.6 is 0 Å². The van der Waals surface area contributed by atoms with Crippen LogP contribution in [0.5, 0.6) is 0 Å². The standard InChI is InChI=1S/C26H25N3O3/c1-4-22(25(30)29-23-16(2)9-8-10-17(23)3)32-26(31)19-13-14-20-21(15-19)28-24(27-20)18-11-6-5-7-12-18/h5-15,22H,4H2,1-3H3,(H,27,28)(H,29,30). The fourth-order valence-electron chi connectivity index (χ4n) is 3.60. The van der Waals surface area contributed by atoms with Crippen molar-refractivity contribution in [2.75, 3.05) is 5.32 Å². The molecule has 1 unspecified atom stereocenters. The summed E-state index contributed by atoms with van der Waals surface area (Å²) in [6.07, 6.45) is -0.522. The topological polar surface area (TPSA) is 84.1 Å². The zero-order chi connectivity index (χ0) is 22.7. The Labute approximate surface area is 186 Å². The van der Waals surface area contributed by atoms with Gasteiger partial charge in [0.05, 0.1) is 16.6 Å². The quantitative estimate of drug-likeness (QED) is 0.402. The van der Waals surface area contributed by atoms with Gasteiger partial charge in [0, 0.05) is 11.3 Å². The normalized spacial score (nSPS) is 11.8. The van der Waals surface area contributed by atoms with Gasteiger partial charge in [-0.3, -0.25) is 4.79 Å². The third-order valence-electron chi connectivity index (χ3n) is 5.41. The number of hydrogen-bond acceptors (Lipinski definition) is 4. The first-order chi connectivity index (χ1) is 15.5. The third kappa shape index (κ3) is 4.39. The zero-order valence-electron chi connectivity index (χ0n) is 18.3. The minimum Gasteiger partial charge on any atom is -0.449 e. The van der Waals surface area contributed by atoms with Crippen molar-refractivity contribution in [3.05, 3.63) is 83.4 Å². The molecule has 1 aromatic heterocycles. The molecule has 162 valence electrons. The second-order valence-electron chi connectivity index (χ2n) is 7.74. The number of amides is 1. The second kappa shape index (κ2) is 9.06. The van der Waals surface area contributed by atoms with Gasteiger partial charge in [-0.1, -0.05) is 55.5 Å². The first-order valence-corrected chi connectivity index (χ1v) is 10.6. The number of aromatic amines is 1. The molecule has 0 bridgehead atoms. The van der Waals surface area contributed by atoms with Gasteiger partial charge < -0.3 is 15.0 Å². The van der Waals surface area contributed by atoms with Gasteiger partial charge in [0.2, 0.25) is 0 Å². The third-order valence-corrected chi connectivity index (χ3v) is 5.41. The van der Waals surface area contributed by atoms with E-state index in [0.717, 1.165) is 39.2 Å². The van der Waals surface area contributed by atoms with Crippen molar-refractivity contribution in [2.45, 2.75) is 33.3 Å². The zero-order valence-corrected chi connectivity index (χ0v) is 18.3. The molecule has 0 fully saturated rings. The van der Waals surface area contributed by atoms with Crippen molar-refractivity contribution in [1.29, 1.82) is 0 Å². The van der Waals surface area contributed by atoms with Crippen LogP contribution in [0.1, 0.15) is 34.8 Å². The summed E-state index contributed by atoms with van der Waals surface area (Å²) in [7, 11) is 0. The van der Waals surface area contributed by atoms with Crippen LogP contribution in [0.25, 0.3) is 22.4 Å². The Bertz CT molecular complexity index is 1260. The number of nitrogens with one attached hydrogen (secondary N) is 2. The first kappa shape index (κ1) is 21.3. The van der Waals surface area contributed by atoms with E-state index in [1.165, 1.54) is 0 Å². The lowest BCUT2D eigenvalue weighted by molar-refractivity contribution is -0.124. The number of aromatic nitrogens is 2. The van der Waals surface area contributed by atoms with Gasteiger partial charge in [-0.2, -0.15) is 0 Å². The lowest BCUT2D eigenvalue weighted by Gasteiger charge is -2.18. The molecule has 0 spiro atoms. The summed E-state index contributed by atoms with van der Waals surface area (Å²) in [6.45, 7) is 5.67. The molecule has 1 atom stereocenters. The maximum absolute atomic E-state index is 12.8. The van der Waals surface area contributed by atoms with Crippen LogP contribution in [0.4, 0.5) is 5.69 Å². The van der Waals surface area contributed by atoms with Gasteiger partial charge >= 0.3 is 5.97 Å². The predicted molar refractivity (Wildman–Crippen MR) is 126 cm³/mol. The number of para-hydroxylation sites is 1. The average Bonchev–Trinajstić information content (AvgIpc) is 3.23. The number of carbonyl (C=O) groups excluding carboxylic acids is 2. The van der Waals surface area contributed by atoms with Crippen molar-refractivity contribution in [2.24, 2.45) is 0 Å². The van der Waals surface area contributed by atoms with E-state index in [4.69, 9.17) is 4.74 Å². The number of ether oxygens (including phenoxy) is 1. The highest BCUT2D eigenvalue weighted by Gasteiger charge is 2.23. The molecule has 2 N–H and O–H groups in total. The number of imidazole rings is 1. The van der Waals surface area contributed by atoms with E-state index in [1.807, 2.05) is 69.3 Å². The Balaban J connectivity index is 1.51. The monoisotopic (exact) mass is 427 g/mol. The van der Waals surface area contributed by atoms with Crippen LogP contribution in [-0.2, 0) is 9.53 Å². The largest absolute Gasteiger partial charge is 0.449 e. The molecule has 0 aliphatic heterocycles. The molecule has 0 saturated carbocycles. The Morgan fingerprint density at radius 2 is 1.72 bits per heavy atom. The minimum atomic E-state index is -0.890. The molecule has 1 amide bonds. The lowest BCUT2D eigenvalue weighted by atomic mass is 10.1. The number of esters is 1. The summed E-state index contributed by atoms with van der Waals surface area (Å²) in [5.41, 5.74) is 5.46. The van der Waals surface area contributed by atoms with Gasteiger partial charge in [-0.25, -0.2) is 9.78 Å². The van der Waals surface area contributed by atoms with Crippen LogP contribution in [0.3, 0.4) is 0 Å². The summed E-state index contributed by atoms with van der Waals surface area (Å²) in [4.78, 5) is 33.4. The summed E-state index contributed by atoms with van der Waals surface area (Å²) in [6, 6.07) is 20.7. The Morgan fingerprint density at radius 3 is 2.41 bits per heavy atom. The van der Waals surface area contributed by atoms with Crippen LogP contribution in [0.15, 0.2) is 66.7 Å². The Kier molecular flexibility index (Phi) is 6.03. The fraction of sp³-hybridized carbons (Fsp3) is 0.192. The first-order valence-electron chi connectivity index (χ1n) is 10.6. The van der Waals surface area contributed by atoms with E-state index < -0.39 is 12.1 Å². The lowest BCUT2D eigenvalue weighted by Crippen LogP contribution is -2.32. The molecule has 0 radical (unpaired) electrons. The van der Waals surface area contributed by atoms with Crippen molar-refractivity contribution >= 4 is 28.6 Å². The van der Waals surface area contributed by atoms with Crippen LogP contribution in [-0.4, -0.2) is 27.9 Å². The van der Waals surface area contributed by atoms with Gasteiger partial charge in [0.25, 0.3) is 5.91 Å². The number of nitrogens with zero attached hydrogens (tertiary/aromatic N) is 1. The van der Waals surface area contributed by atoms with Gasteiger partial charge in [0.15, 0.2) is 6.10 Å². The Morgan fingerprint density at radius 1 is 1.00 bits per heavy atom. The molecule has 32 heavy (non-hydrogen) atoms. The van der Waals surface area contributed by atoms with Crippen molar-refractivity contribution in [3.8, 4) is 11.4 Å². The summed E-state index contributed by atoms with van der Waals surface area (Å²) in [5, 5.41) is 2.91. The fourth-order valence-corrected chi connectivity index (χ4v) is 3.60. The van der Waals surface area contributed by atoms with E-state index in [2.05, 4.69) is 15.3 Å². The molecular weight excluding hydrogens is 402 g/mol. The molecule has 6 heteroatoms. The highest BCUT2D eigenvalue weighted by atomic mass is 16.5. The summed E-state index contributed by atoms with van der Waals surface area (Å²) < 4.78 is 5.55. The SMILES string of the molecule is CCC(OC(=O)c1ccc2nc(-c3ccccc3)[nH]c2c1)C(=O)Nc1c(C)cccc1C. The van der Waals surface area contributed by atoms with E-state index >= 15 is 0 Å². The van der Waals surface area contributed by atoms with Gasteiger partial charge in [-0.05, 0) is 49.6 Å². The maximum atomic E-state index is 12.8. The molecule has 1 heterocycles. The van der Waals surface area contributed by atoms with Crippen LogP contribution in [0, 0.1) is 13.8 Å². The smallest absolute Gasteiger partial charge is 0.338 e. The van der Waals surface area contributed by atoms with Gasteiger partial charge in [-0.15, -0.1) is 0 Å². The number of fused-ring (bicyclic) bond motifs is 1. The van der Waals surface area contributed by atoms with E-state index in [9.17, 15) is 9.59 Å². The predicted octanol–water partition coefficient (Wildman–Crippen LogP) is 5.42. The highest BCUT2D eigenvalue weighted by Crippen LogP contribution is 2.23. The molecule has 0 aliphatic carbocycles. The van der Waals surface area contributed by atoms with Crippen molar-refractivity contribution in [1.82, 2.24) is 9.97 Å². The van der Waals surface area contributed by atoms with Crippen molar-refractivity contribution < 1.29 is 14.3 Å². The van der Waals surface area contributed by atoms with Crippen molar-refractivity contribution in [3.63, 3.8) is 0 Å². The second-order valence-corrected chi connectivity index (χ2v) is 7.74. The maximum Gasteiger partial charge on any atom is 0.338 e. The number of benzene rings is 3. The Hall–Kier alpha value is -3.93. The van der Waals surface area contributed by atoms with E-state index in [-0.39, 0.29) is 5.91 Å². The number of aryl methyl sites for hydroxylation is 2. The molecule has 6 nitrogen and oxygen atoms in total. The van der Waals surface area contributed by atoms with E-state index in [1.54, 1.807) is 18.2 Å². The molecule has 0 aliphatic rings. The number of hydrogen-bond donors (Lipinski definition) is 2. The van der Waals surface area contributed by atoms with E-state index in [0.29, 0.717) is 12.0 Å². The van der Waals surface area contributed by atoms with Crippen LogP contribution < -0.4 is 5.32 Å². The number of H-pyrrole nitrogens is 1. The van der Waals surface area contributed by atoms with Gasteiger partial charge in [0.1, 0.15) is 5.82 Å². The molecule has 4 rings (SSSR count). The highest BCUT2D eigenvalue weighted by molar-refractivity contribution is 5.99.